The number of carbonyl (C=O) groups is 3. The zero-order valence-corrected chi connectivity index (χ0v) is 16.2. The van der Waals surface area contributed by atoms with Crippen molar-refractivity contribution in [3.8, 4) is 0 Å². The molecule has 4 aliphatic heterocycles. The van der Waals surface area contributed by atoms with Gasteiger partial charge in [0, 0.05) is 44.1 Å². The Morgan fingerprint density at radius 1 is 1.00 bits per heavy atom. The Hall–Kier alpha value is -2.28. The topological polar surface area (TPSA) is 62.1 Å². The molecule has 2 fully saturated rings. The molecule has 1 aromatic rings. The lowest BCUT2D eigenvalue weighted by Crippen LogP contribution is -3.15. The highest BCUT2D eigenvalue weighted by molar-refractivity contribution is 6.21. The molecule has 1 N–H and O–H groups in total. The number of benzene rings is 1. The third-order valence-electron chi connectivity index (χ3n) is 6.23. The fourth-order valence-electron chi connectivity index (χ4n) is 5.01. The van der Waals surface area contributed by atoms with Gasteiger partial charge in [-0.2, -0.15) is 0 Å². The number of piperidine rings is 2. The van der Waals surface area contributed by atoms with Crippen molar-refractivity contribution in [1.82, 2.24) is 9.80 Å². The van der Waals surface area contributed by atoms with Crippen LogP contribution in [0, 0.1) is 11.8 Å². The second kappa shape index (κ2) is 7.28. The van der Waals surface area contributed by atoms with Gasteiger partial charge in [0.25, 0.3) is 11.8 Å². The number of rotatable bonds is 3. The monoisotopic (exact) mass is 399 g/mol. The van der Waals surface area contributed by atoms with Crippen molar-refractivity contribution in [3.63, 3.8) is 0 Å². The van der Waals surface area contributed by atoms with E-state index in [0.29, 0.717) is 36.1 Å². The molecule has 4 aliphatic rings. The maximum atomic E-state index is 12.5. The van der Waals surface area contributed by atoms with Gasteiger partial charge in [-0.25, -0.2) is 9.69 Å². The molecular formula is C21H22ClN3O3. The van der Waals surface area contributed by atoms with Gasteiger partial charge in [-0.1, -0.05) is 12.1 Å². The van der Waals surface area contributed by atoms with E-state index in [4.69, 9.17) is 0 Å². The van der Waals surface area contributed by atoms with Crippen molar-refractivity contribution in [2.75, 3.05) is 32.7 Å². The van der Waals surface area contributed by atoms with Gasteiger partial charge < -0.3 is 17.3 Å². The average Bonchev–Trinajstić information content (AvgIpc) is 2.92. The van der Waals surface area contributed by atoms with Crippen LogP contribution in [0.1, 0.15) is 27.1 Å². The van der Waals surface area contributed by atoms with E-state index in [-0.39, 0.29) is 30.1 Å². The summed E-state index contributed by atoms with van der Waals surface area (Å²) in [5.74, 6) is 0.655. The number of amides is 3. The van der Waals surface area contributed by atoms with Crippen molar-refractivity contribution in [3.05, 3.63) is 59.3 Å². The molecule has 28 heavy (non-hydrogen) atoms. The molecule has 7 heteroatoms. The first-order valence-corrected chi connectivity index (χ1v) is 9.58. The highest BCUT2D eigenvalue weighted by atomic mass is 35.5. The zero-order chi connectivity index (χ0) is 18.5. The van der Waals surface area contributed by atoms with E-state index in [2.05, 4.69) is 11.0 Å². The van der Waals surface area contributed by atoms with Crippen molar-refractivity contribution < 1.29 is 31.7 Å². The highest BCUT2D eigenvalue weighted by Crippen LogP contribution is 2.29. The average molecular weight is 400 g/mol. The van der Waals surface area contributed by atoms with Gasteiger partial charge in [-0.15, -0.1) is 0 Å². The fraction of sp³-hybridized carbons (Fsp3) is 0.381. The molecule has 2 saturated heterocycles. The molecule has 0 spiro atoms. The molecule has 146 valence electrons. The van der Waals surface area contributed by atoms with E-state index >= 15 is 0 Å². The van der Waals surface area contributed by atoms with E-state index in [1.54, 1.807) is 30.3 Å². The van der Waals surface area contributed by atoms with Gasteiger partial charge >= 0.3 is 5.91 Å². The number of halogens is 1. The predicted molar refractivity (Wildman–Crippen MR) is 97.9 cm³/mol. The van der Waals surface area contributed by atoms with Gasteiger partial charge in [0.1, 0.15) is 5.70 Å². The van der Waals surface area contributed by atoms with Crippen LogP contribution in [-0.2, 0) is 4.79 Å². The van der Waals surface area contributed by atoms with Gasteiger partial charge in [0.15, 0.2) is 0 Å². The lowest BCUT2D eigenvalue weighted by atomic mass is 9.81. The lowest BCUT2D eigenvalue weighted by Gasteiger charge is -2.44. The molecular weight excluding hydrogens is 378 g/mol. The molecule has 1 aromatic carbocycles. The fourth-order valence-corrected chi connectivity index (χ4v) is 5.01. The van der Waals surface area contributed by atoms with Crippen molar-refractivity contribution >= 4 is 17.7 Å². The standard InChI is InChI=1S/C21H21N3O3.ClH/c25-19-7-3-6-18-15-10-14(12-24(18)19)11-22(13-15)8-9-23-20(26)16-4-1-2-5-17(16)21(23)27;/h1-7,14-15H,8-13H2;1H. The van der Waals surface area contributed by atoms with E-state index < -0.39 is 0 Å². The Labute approximate surface area is 169 Å². The summed E-state index contributed by atoms with van der Waals surface area (Å²) in [5.41, 5.74) is 2.22. The zero-order valence-electron chi connectivity index (χ0n) is 15.4. The van der Waals surface area contributed by atoms with Crippen LogP contribution in [0.25, 0.3) is 0 Å². The third-order valence-corrected chi connectivity index (χ3v) is 6.23. The molecule has 3 amide bonds. The molecule has 4 heterocycles. The smallest absolute Gasteiger partial charge is 0.341 e. The van der Waals surface area contributed by atoms with Crippen LogP contribution in [0.5, 0.6) is 0 Å². The van der Waals surface area contributed by atoms with Crippen LogP contribution in [0.4, 0.5) is 0 Å². The summed E-state index contributed by atoms with van der Waals surface area (Å²) in [6.07, 6.45) is 6.74. The van der Waals surface area contributed by atoms with E-state index in [1.165, 1.54) is 10.6 Å². The predicted octanol–water partition coefficient (Wildman–Crippen LogP) is -2.90. The summed E-state index contributed by atoms with van der Waals surface area (Å²) in [6, 6.07) is 7.03. The van der Waals surface area contributed by atoms with Gasteiger partial charge in [0.05, 0.1) is 17.7 Å². The summed E-state index contributed by atoms with van der Waals surface area (Å²) in [7, 11) is 0. The van der Waals surface area contributed by atoms with Crippen LogP contribution in [0.2, 0.25) is 0 Å². The number of quaternary nitrogens is 1. The first-order valence-electron chi connectivity index (χ1n) is 9.58. The molecule has 0 aromatic heterocycles. The van der Waals surface area contributed by atoms with Crippen LogP contribution in [0.15, 0.2) is 48.2 Å². The molecule has 0 saturated carbocycles. The number of nitrogens with one attached hydrogen (secondary N) is 1. The number of hydrogen-bond acceptors (Lipinski definition) is 4. The number of likely N-dealkylation sites (tertiary alicyclic amines) is 1. The number of imide groups is 1. The summed E-state index contributed by atoms with van der Waals surface area (Å²) < 4.78 is 0. The number of nitrogens with zero attached hydrogens (tertiary/aromatic N) is 2. The Morgan fingerprint density at radius 2 is 1.71 bits per heavy atom. The summed E-state index contributed by atoms with van der Waals surface area (Å²) in [5, 5.41) is 0. The maximum Gasteiger partial charge on any atom is 0.341 e. The van der Waals surface area contributed by atoms with Gasteiger partial charge in [0.2, 0.25) is 0 Å². The SMILES string of the molecule is O=C1c2ccccc2C(=O)N1CCN1CC2CC(C1)C1=CC=CC(=O)[NH+]1C2.[Cl-]. The van der Waals surface area contributed by atoms with Crippen LogP contribution >= 0.6 is 0 Å². The number of fused-ring (bicyclic) bond motifs is 5. The molecule has 0 radical (unpaired) electrons. The first-order chi connectivity index (χ1) is 13.1. The van der Waals surface area contributed by atoms with Crippen LogP contribution in [-0.4, -0.2) is 60.2 Å². The summed E-state index contributed by atoms with van der Waals surface area (Å²) in [4.78, 5) is 41.9. The van der Waals surface area contributed by atoms with E-state index in [1.807, 2.05) is 6.08 Å². The first kappa shape index (κ1) is 19.1. The quantitative estimate of drug-likeness (QED) is 0.554. The minimum atomic E-state index is -0.186. The third kappa shape index (κ3) is 3.02. The summed E-state index contributed by atoms with van der Waals surface area (Å²) in [6.45, 7) is 3.75. The van der Waals surface area contributed by atoms with E-state index in [0.717, 1.165) is 31.0 Å². The molecule has 3 unspecified atom stereocenters. The molecule has 6 nitrogen and oxygen atoms in total. The number of hydrogen-bond donors (Lipinski definition) is 1. The minimum absolute atomic E-state index is 0. The molecule has 3 atom stereocenters. The normalized spacial score (nSPS) is 28.6. The molecule has 5 rings (SSSR count). The second-order valence-corrected chi connectivity index (χ2v) is 7.89. The Kier molecular flexibility index (Phi) is 4.95. The van der Waals surface area contributed by atoms with Crippen LogP contribution in [0.3, 0.4) is 0 Å². The highest BCUT2D eigenvalue weighted by Gasteiger charge is 2.44. The van der Waals surface area contributed by atoms with Gasteiger partial charge in [-0.3, -0.25) is 14.5 Å². The molecule has 2 bridgehead atoms. The van der Waals surface area contributed by atoms with Crippen molar-refractivity contribution in [1.29, 1.82) is 0 Å². The Balaban J connectivity index is 0.00000192. The largest absolute Gasteiger partial charge is 1.00 e. The van der Waals surface area contributed by atoms with Gasteiger partial charge in [-0.05, 0) is 30.7 Å². The molecule has 0 aliphatic carbocycles. The number of allylic oxidation sites excluding steroid dienone is 2. The minimum Gasteiger partial charge on any atom is -1.00 e. The Bertz CT molecular complexity index is 875. The van der Waals surface area contributed by atoms with Crippen molar-refractivity contribution in [2.24, 2.45) is 11.8 Å². The summed E-state index contributed by atoms with van der Waals surface area (Å²) >= 11 is 0. The van der Waals surface area contributed by atoms with E-state index in [9.17, 15) is 14.4 Å². The lowest BCUT2D eigenvalue weighted by molar-refractivity contribution is -0.793. The Morgan fingerprint density at radius 3 is 2.43 bits per heavy atom. The number of carbonyl (C=O) groups excluding carboxylic acids is 3. The maximum absolute atomic E-state index is 12.5. The second-order valence-electron chi connectivity index (χ2n) is 7.89. The van der Waals surface area contributed by atoms with Crippen LogP contribution < -0.4 is 17.3 Å². The van der Waals surface area contributed by atoms with Crippen molar-refractivity contribution in [2.45, 2.75) is 6.42 Å².